The molecule has 2 unspecified atom stereocenters. The third kappa shape index (κ3) is 4.60. The minimum absolute atomic E-state index is 0.00973. The number of nitrogens with zero attached hydrogens (tertiary/aromatic N) is 1. The highest BCUT2D eigenvalue weighted by Crippen LogP contribution is 2.23. The number of hydrogen-bond donors (Lipinski definition) is 1. The van der Waals surface area contributed by atoms with Crippen LogP contribution in [0.4, 0.5) is 0 Å². The van der Waals surface area contributed by atoms with E-state index in [0.717, 1.165) is 24.9 Å². The standard InChI is InChI=1S/C21H25NO3/c1-16(23)19-10-6-12-22(14-19)21(24)18-9-5-11-20(13-18)25-15-17-7-3-2-4-8-17/h2-5,7-9,11,13,16,19,23H,6,10,12,14-15H2,1H3. The molecule has 0 saturated carbocycles. The van der Waals surface area contributed by atoms with Crippen LogP contribution in [0, 0.1) is 5.92 Å². The second-order valence-corrected chi connectivity index (χ2v) is 6.70. The summed E-state index contributed by atoms with van der Waals surface area (Å²) in [5.74, 6) is 0.865. The number of piperidine rings is 1. The number of benzene rings is 2. The zero-order valence-corrected chi connectivity index (χ0v) is 14.6. The lowest BCUT2D eigenvalue weighted by Crippen LogP contribution is -2.42. The Hall–Kier alpha value is -2.33. The minimum atomic E-state index is -0.379. The molecule has 1 fully saturated rings. The van der Waals surface area contributed by atoms with E-state index in [1.165, 1.54) is 0 Å². The van der Waals surface area contributed by atoms with Crippen molar-refractivity contribution >= 4 is 5.91 Å². The average Bonchev–Trinajstić information content (AvgIpc) is 2.67. The van der Waals surface area contributed by atoms with Crippen LogP contribution in [0.1, 0.15) is 35.7 Å². The van der Waals surface area contributed by atoms with E-state index in [1.54, 1.807) is 13.0 Å². The summed E-state index contributed by atoms with van der Waals surface area (Å²) in [6.07, 6.45) is 1.53. The quantitative estimate of drug-likeness (QED) is 0.907. The van der Waals surface area contributed by atoms with Crippen molar-refractivity contribution in [3.05, 3.63) is 65.7 Å². The lowest BCUT2D eigenvalue weighted by molar-refractivity contribution is 0.0465. The largest absolute Gasteiger partial charge is 0.489 e. The van der Waals surface area contributed by atoms with Crippen molar-refractivity contribution in [1.29, 1.82) is 0 Å². The Balaban J connectivity index is 1.65. The molecular weight excluding hydrogens is 314 g/mol. The number of carbonyl (C=O) groups excluding carboxylic acids is 1. The maximum absolute atomic E-state index is 12.8. The number of likely N-dealkylation sites (tertiary alicyclic amines) is 1. The molecule has 4 nitrogen and oxygen atoms in total. The number of ether oxygens (including phenoxy) is 1. The van der Waals surface area contributed by atoms with E-state index in [1.807, 2.05) is 53.4 Å². The molecule has 0 spiro atoms. The summed E-state index contributed by atoms with van der Waals surface area (Å²) in [6, 6.07) is 17.3. The maximum Gasteiger partial charge on any atom is 0.253 e. The first-order valence-corrected chi connectivity index (χ1v) is 8.87. The normalized spacial score (nSPS) is 18.6. The van der Waals surface area contributed by atoms with E-state index in [-0.39, 0.29) is 17.9 Å². The van der Waals surface area contributed by atoms with Gasteiger partial charge in [0, 0.05) is 24.6 Å². The molecule has 1 aliphatic rings. The summed E-state index contributed by atoms with van der Waals surface area (Å²) in [5, 5.41) is 9.81. The molecular formula is C21H25NO3. The Morgan fingerprint density at radius 3 is 2.80 bits per heavy atom. The van der Waals surface area contributed by atoms with Gasteiger partial charge >= 0.3 is 0 Å². The van der Waals surface area contributed by atoms with Gasteiger partial charge in [0.1, 0.15) is 12.4 Å². The van der Waals surface area contributed by atoms with E-state index < -0.39 is 0 Å². The highest BCUT2D eigenvalue weighted by molar-refractivity contribution is 5.94. The molecule has 0 bridgehead atoms. The molecule has 1 N–H and O–H groups in total. The fraction of sp³-hybridized carbons (Fsp3) is 0.381. The fourth-order valence-electron chi connectivity index (χ4n) is 3.23. The molecule has 1 aliphatic heterocycles. The first kappa shape index (κ1) is 17.5. The van der Waals surface area contributed by atoms with Gasteiger partial charge in [0.25, 0.3) is 5.91 Å². The predicted molar refractivity (Wildman–Crippen MR) is 97.5 cm³/mol. The fourth-order valence-corrected chi connectivity index (χ4v) is 3.23. The molecule has 1 saturated heterocycles. The zero-order valence-electron chi connectivity index (χ0n) is 14.6. The van der Waals surface area contributed by atoms with Gasteiger partial charge in [-0.1, -0.05) is 36.4 Å². The molecule has 3 rings (SSSR count). The molecule has 4 heteroatoms. The van der Waals surface area contributed by atoms with Crippen LogP contribution < -0.4 is 4.74 Å². The second-order valence-electron chi connectivity index (χ2n) is 6.70. The Morgan fingerprint density at radius 1 is 1.24 bits per heavy atom. The highest BCUT2D eigenvalue weighted by Gasteiger charge is 2.27. The van der Waals surface area contributed by atoms with Gasteiger partial charge in [0.2, 0.25) is 0 Å². The summed E-state index contributed by atoms with van der Waals surface area (Å²) in [4.78, 5) is 14.6. The maximum atomic E-state index is 12.8. The van der Waals surface area contributed by atoms with Crippen molar-refractivity contribution in [1.82, 2.24) is 4.90 Å². The Bertz CT molecular complexity index is 699. The van der Waals surface area contributed by atoms with Gasteiger partial charge < -0.3 is 14.7 Å². The molecule has 2 aromatic rings. The van der Waals surface area contributed by atoms with Gasteiger partial charge in [0.05, 0.1) is 6.10 Å². The SMILES string of the molecule is CC(O)C1CCCN(C(=O)c2cccc(OCc3ccccc3)c2)C1. The molecule has 0 radical (unpaired) electrons. The van der Waals surface area contributed by atoms with Gasteiger partial charge in [-0.3, -0.25) is 4.79 Å². The molecule has 0 aromatic heterocycles. The Morgan fingerprint density at radius 2 is 2.04 bits per heavy atom. The zero-order chi connectivity index (χ0) is 17.6. The lowest BCUT2D eigenvalue weighted by atomic mass is 9.93. The van der Waals surface area contributed by atoms with Crippen molar-refractivity contribution in [2.45, 2.75) is 32.5 Å². The first-order valence-electron chi connectivity index (χ1n) is 8.87. The van der Waals surface area contributed by atoms with Gasteiger partial charge in [-0.15, -0.1) is 0 Å². The third-order valence-electron chi connectivity index (χ3n) is 4.76. The molecule has 2 atom stereocenters. The highest BCUT2D eigenvalue weighted by atomic mass is 16.5. The van der Waals surface area contributed by atoms with Crippen molar-refractivity contribution in [2.24, 2.45) is 5.92 Å². The monoisotopic (exact) mass is 339 g/mol. The van der Waals surface area contributed by atoms with Crippen LogP contribution in [0.25, 0.3) is 0 Å². The van der Waals surface area contributed by atoms with Crippen LogP contribution in [-0.2, 0) is 6.61 Å². The van der Waals surface area contributed by atoms with Crippen LogP contribution in [0.5, 0.6) is 5.75 Å². The van der Waals surface area contributed by atoms with Crippen LogP contribution >= 0.6 is 0 Å². The summed E-state index contributed by atoms with van der Waals surface area (Å²) < 4.78 is 5.82. The van der Waals surface area contributed by atoms with Crippen LogP contribution in [0.2, 0.25) is 0 Å². The first-order chi connectivity index (χ1) is 12.1. The topological polar surface area (TPSA) is 49.8 Å². The van der Waals surface area contributed by atoms with Gasteiger partial charge in [-0.05, 0) is 43.5 Å². The van der Waals surface area contributed by atoms with E-state index in [2.05, 4.69) is 0 Å². The Labute approximate surface area is 149 Å². The number of aliphatic hydroxyl groups excluding tert-OH is 1. The van der Waals surface area contributed by atoms with Crippen LogP contribution in [0.3, 0.4) is 0 Å². The Kier molecular flexibility index (Phi) is 5.71. The molecule has 132 valence electrons. The number of carbonyl (C=O) groups is 1. The number of amides is 1. The van der Waals surface area contributed by atoms with Crippen molar-refractivity contribution in [3.63, 3.8) is 0 Å². The van der Waals surface area contributed by atoms with E-state index in [0.29, 0.717) is 24.5 Å². The van der Waals surface area contributed by atoms with Crippen molar-refractivity contribution < 1.29 is 14.6 Å². The second kappa shape index (κ2) is 8.17. The van der Waals surface area contributed by atoms with Crippen LogP contribution in [-0.4, -0.2) is 35.1 Å². The summed E-state index contributed by atoms with van der Waals surface area (Å²) in [7, 11) is 0. The van der Waals surface area contributed by atoms with E-state index in [4.69, 9.17) is 4.74 Å². The van der Waals surface area contributed by atoms with Crippen molar-refractivity contribution in [3.8, 4) is 5.75 Å². The molecule has 25 heavy (non-hydrogen) atoms. The summed E-state index contributed by atoms with van der Waals surface area (Å²) >= 11 is 0. The molecule has 1 amide bonds. The van der Waals surface area contributed by atoms with E-state index >= 15 is 0 Å². The van der Waals surface area contributed by atoms with Gasteiger partial charge in [-0.2, -0.15) is 0 Å². The number of rotatable bonds is 5. The van der Waals surface area contributed by atoms with Gasteiger partial charge in [-0.25, -0.2) is 0 Å². The molecule has 1 heterocycles. The molecule has 0 aliphatic carbocycles. The van der Waals surface area contributed by atoms with Gasteiger partial charge in [0.15, 0.2) is 0 Å². The predicted octanol–water partition coefficient (Wildman–Crippen LogP) is 3.50. The van der Waals surface area contributed by atoms with Crippen molar-refractivity contribution in [2.75, 3.05) is 13.1 Å². The average molecular weight is 339 g/mol. The number of aliphatic hydroxyl groups is 1. The van der Waals surface area contributed by atoms with Crippen LogP contribution in [0.15, 0.2) is 54.6 Å². The van der Waals surface area contributed by atoms with E-state index in [9.17, 15) is 9.90 Å². The third-order valence-corrected chi connectivity index (χ3v) is 4.76. The smallest absolute Gasteiger partial charge is 0.253 e. The number of hydrogen-bond acceptors (Lipinski definition) is 3. The summed E-state index contributed by atoms with van der Waals surface area (Å²) in [6.45, 7) is 3.64. The minimum Gasteiger partial charge on any atom is -0.489 e. The molecule has 2 aromatic carbocycles. The lowest BCUT2D eigenvalue weighted by Gasteiger charge is -2.34. The summed E-state index contributed by atoms with van der Waals surface area (Å²) in [5.41, 5.74) is 1.73.